The molecule has 0 saturated heterocycles. The number of nitrogens with zero attached hydrogens (tertiary/aromatic N) is 2. The van der Waals surface area contributed by atoms with E-state index in [1.807, 2.05) is 36.4 Å². The highest BCUT2D eigenvalue weighted by molar-refractivity contribution is 9.10. The van der Waals surface area contributed by atoms with Gasteiger partial charge < -0.3 is 15.7 Å². The first-order chi connectivity index (χ1) is 11.1. The van der Waals surface area contributed by atoms with Gasteiger partial charge in [-0.2, -0.15) is 5.10 Å². The van der Waals surface area contributed by atoms with Gasteiger partial charge in [-0.05, 0) is 40.2 Å². The highest BCUT2D eigenvalue weighted by Gasteiger charge is 2.15. The van der Waals surface area contributed by atoms with Gasteiger partial charge in [-0.1, -0.05) is 24.3 Å². The highest BCUT2D eigenvalue weighted by Crippen LogP contribution is 2.35. The fraction of sp³-hybridized carbons (Fsp3) is 0.0588. The van der Waals surface area contributed by atoms with Crippen molar-refractivity contribution in [3.8, 4) is 11.5 Å². The Bertz CT molecular complexity index is 909. The summed E-state index contributed by atoms with van der Waals surface area (Å²) in [6, 6.07) is 15.0. The summed E-state index contributed by atoms with van der Waals surface area (Å²) in [5, 5.41) is 14.8. The van der Waals surface area contributed by atoms with E-state index in [9.17, 15) is 5.11 Å². The Morgan fingerprint density at radius 3 is 2.74 bits per heavy atom. The van der Waals surface area contributed by atoms with Crippen LogP contribution in [-0.2, 0) is 0 Å². The molecule has 1 aromatic heterocycles. The van der Waals surface area contributed by atoms with Gasteiger partial charge in [0.2, 0.25) is 0 Å². The lowest BCUT2D eigenvalue weighted by molar-refractivity contribution is 0.372. The molecule has 116 valence electrons. The maximum atomic E-state index is 9.93. The van der Waals surface area contributed by atoms with Crippen molar-refractivity contribution in [2.24, 2.45) is 10.9 Å². The molecule has 0 fully saturated rings. The molecule has 0 aliphatic carbocycles. The number of pyridine rings is 1. The van der Waals surface area contributed by atoms with Crippen LogP contribution >= 0.6 is 15.9 Å². The molecule has 5 nitrogen and oxygen atoms in total. The predicted octanol–water partition coefficient (Wildman–Crippen LogP) is 3.42. The van der Waals surface area contributed by atoms with E-state index in [0.717, 1.165) is 10.9 Å². The van der Waals surface area contributed by atoms with E-state index in [1.54, 1.807) is 12.1 Å². The SMILES string of the molecule is COc1cc(/C(=N\N)c2ccc3ccccc3n2)cc(Br)c1O. The first-order valence-electron chi connectivity index (χ1n) is 6.85. The Hall–Kier alpha value is -2.60. The smallest absolute Gasteiger partial charge is 0.172 e. The number of phenols is 1. The molecule has 3 rings (SSSR count). The first kappa shape index (κ1) is 15.3. The van der Waals surface area contributed by atoms with Gasteiger partial charge in [0.05, 0.1) is 22.8 Å². The number of aromatic hydroxyl groups is 1. The summed E-state index contributed by atoms with van der Waals surface area (Å²) in [4.78, 5) is 4.60. The van der Waals surface area contributed by atoms with Gasteiger partial charge in [-0.3, -0.25) is 0 Å². The summed E-state index contributed by atoms with van der Waals surface area (Å²) in [5.41, 5.74) is 2.70. The lowest BCUT2D eigenvalue weighted by Gasteiger charge is -2.11. The monoisotopic (exact) mass is 371 g/mol. The largest absolute Gasteiger partial charge is 0.503 e. The summed E-state index contributed by atoms with van der Waals surface area (Å²) >= 11 is 3.30. The Labute approximate surface area is 141 Å². The Morgan fingerprint density at radius 2 is 2.00 bits per heavy atom. The highest BCUT2D eigenvalue weighted by atomic mass is 79.9. The zero-order chi connectivity index (χ0) is 16.4. The molecule has 23 heavy (non-hydrogen) atoms. The molecule has 0 atom stereocenters. The van der Waals surface area contributed by atoms with E-state index < -0.39 is 0 Å². The van der Waals surface area contributed by atoms with E-state index in [0.29, 0.717) is 27.2 Å². The van der Waals surface area contributed by atoms with Crippen molar-refractivity contribution >= 4 is 32.5 Å². The molecule has 0 radical (unpaired) electrons. The van der Waals surface area contributed by atoms with Gasteiger partial charge in [0.15, 0.2) is 11.5 Å². The molecule has 0 aliphatic heterocycles. The molecule has 6 heteroatoms. The van der Waals surface area contributed by atoms with Crippen molar-refractivity contribution in [3.05, 3.63) is 64.3 Å². The molecule has 0 amide bonds. The Kier molecular flexibility index (Phi) is 4.16. The van der Waals surface area contributed by atoms with Gasteiger partial charge in [-0.25, -0.2) is 4.98 Å². The van der Waals surface area contributed by atoms with Crippen LogP contribution in [0, 0.1) is 0 Å². The molecule has 0 saturated carbocycles. The lowest BCUT2D eigenvalue weighted by Crippen LogP contribution is -2.09. The average molecular weight is 372 g/mol. The average Bonchev–Trinajstić information content (AvgIpc) is 2.58. The summed E-state index contributed by atoms with van der Waals surface area (Å²) in [6.07, 6.45) is 0. The molecule has 3 N–H and O–H groups in total. The standard InChI is InChI=1S/C17H14BrN3O2/c1-23-15-9-11(8-12(18)17(15)22)16(21-19)14-7-6-10-4-2-3-5-13(10)20-14/h2-9,22H,19H2,1H3/b21-16+. The van der Waals surface area contributed by atoms with E-state index in [2.05, 4.69) is 26.0 Å². The molecule has 3 aromatic rings. The van der Waals surface area contributed by atoms with Crippen LogP contribution < -0.4 is 10.6 Å². The number of halogens is 1. The van der Waals surface area contributed by atoms with Gasteiger partial charge in [-0.15, -0.1) is 0 Å². The number of hydrazone groups is 1. The van der Waals surface area contributed by atoms with Crippen LogP contribution in [0.3, 0.4) is 0 Å². The number of hydrogen-bond donors (Lipinski definition) is 2. The molecule has 0 bridgehead atoms. The van der Waals surface area contributed by atoms with Crippen molar-refractivity contribution in [3.63, 3.8) is 0 Å². The summed E-state index contributed by atoms with van der Waals surface area (Å²) < 4.78 is 5.67. The minimum atomic E-state index is 0.0269. The van der Waals surface area contributed by atoms with Crippen molar-refractivity contribution < 1.29 is 9.84 Å². The van der Waals surface area contributed by atoms with Crippen LogP contribution in [0.5, 0.6) is 11.5 Å². The molecule has 2 aromatic carbocycles. The molecule has 0 aliphatic rings. The minimum Gasteiger partial charge on any atom is -0.503 e. The molecule has 0 unspecified atom stereocenters. The van der Waals surface area contributed by atoms with Crippen molar-refractivity contribution in [2.45, 2.75) is 0 Å². The van der Waals surface area contributed by atoms with Gasteiger partial charge in [0, 0.05) is 10.9 Å². The minimum absolute atomic E-state index is 0.0269. The quantitative estimate of drug-likeness (QED) is 0.419. The van der Waals surface area contributed by atoms with E-state index in [4.69, 9.17) is 10.6 Å². The van der Waals surface area contributed by atoms with Crippen molar-refractivity contribution in [1.82, 2.24) is 4.98 Å². The number of phenolic OH excluding ortho intramolecular Hbond substituents is 1. The number of aromatic nitrogens is 1. The number of benzene rings is 2. The summed E-state index contributed by atoms with van der Waals surface area (Å²) in [7, 11) is 1.48. The van der Waals surface area contributed by atoms with Crippen LogP contribution in [0.2, 0.25) is 0 Å². The zero-order valence-corrected chi connectivity index (χ0v) is 13.9. The third kappa shape index (κ3) is 2.85. The second-order valence-electron chi connectivity index (χ2n) is 4.88. The van der Waals surface area contributed by atoms with Crippen LogP contribution in [0.4, 0.5) is 0 Å². The zero-order valence-electron chi connectivity index (χ0n) is 12.3. The van der Waals surface area contributed by atoms with Crippen LogP contribution in [-0.4, -0.2) is 22.9 Å². The summed E-state index contributed by atoms with van der Waals surface area (Å²) in [6.45, 7) is 0. The van der Waals surface area contributed by atoms with E-state index in [1.165, 1.54) is 7.11 Å². The lowest BCUT2D eigenvalue weighted by atomic mass is 10.0. The number of methoxy groups -OCH3 is 1. The molecular formula is C17H14BrN3O2. The fourth-order valence-corrected chi connectivity index (χ4v) is 2.79. The van der Waals surface area contributed by atoms with Crippen LogP contribution in [0.25, 0.3) is 10.9 Å². The van der Waals surface area contributed by atoms with Gasteiger partial charge >= 0.3 is 0 Å². The number of fused-ring (bicyclic) bond motifs is 1. The fourth-order valence-electron chi connectivity index (χ4n) is 2.35. The Morgan fingerprint density at radius 1 is 1.22 bits per heavy atom. The van der Waals surface area contributed by atoms with Crippen LogP contribution in [0.1, 0.15) is 11.3 Å². The van der Waals surface area contributed by atoms with Gasteiger partial charge in [0.25, 0.3) is 0 Å². The van der Waals surface area contributed by atoms with E-state index in [-0.39, 0.29) is 5.75 Å². The van der Waals surface area contributed by atoms with Crippen molar-refractivity contribution in [2.75, 3.05) is 7.11 Å². The topological polar surface area (TPSA) is 80.7 Å². The second kappa shape index (κ2) is 6.26. The maximum Gasteiger partial charge on any atom is 0.172 e. The first-order valence-corrected chi connectivity index (χ1v) is 7.64. The predicted molar refractivity (Wildman–Crippen MR) is 93.9 cm³/mol. The van der Waals surface area contributed by atoms with E-state index >= 15 is 0 Å². The normalized spacial score (nSPS) is 11.7. The molecular weight excluding hydrogens is 358 g/mol. The van der Waals surface area contributed by atoms with Crippen LogP contribution in [0.15, 0.2) is 58.1 Å². The number of ether oxygens (including phenoxy) is 1. The number of para-hydroxylation sites is 1. The van der Waals surface area contributed by atoms with Crippen molar-refractivity contribution in [1.29, 1.82) is 0 Å². The third-order valence-electron chi connectivity index (χ3n) is 3.49. The number of hydrogen-bond acceptors (Lipinski definition) is 5. The molecule has 1 heterocycles. The van der Waals surface area contributed by atoms with Gasteiger partial charge in [0.1, 0.15) is 5.71 Å². The second-order valence-corrected chi connectivity index (χ2v) is 5.73. The third-order valence-corrected chi connectivity index (χ3v) is 4.10. The molecule has 0 spiro atoms. The maximum absolute atomic E-state index is 9.93. The summed E-state index contributed by atoms with van der Waals surface area (Å²) in [5.74, 6) is 5.95. The number of nitrogens with two attached hydrogens (primary N) is 1. The Balaban J connectivity index is 2.14. The number of rotatable bonds is 3.